The lowest BCUT2D eigenvalue weighted by atomic mass is 10.2. The summed E-state index contributed by atoms with van der Waals surface area (Å²) in [6.45, 7) is 7.22. The van der Waals surface area contributed by atoms with Gasteiger partial charge in [-0.25, -0.2) is 4.98 Å². The molecule has 0 aliphatic rings. The first-order valence-electron chi connectivity index (χ1n) is 7.17. The molecule has 1 atom stereocenters. The van der Waals surface area contributed by atoms with Gasteiger partial charge in [0, 0.05) is 33.5 Å². The van der Waals surface area contributed by atoms with Gasteiger partial charge in [0.1, 0.15) is 5.82 Å². The topological polar surface area (TPSA) is 55.4 Å². The van der Waals surface area contributed by atoms with Crippen molar-refractivity contribution in [3.05, 3.63) is 22.8 Å². The molecule has 0 aromatic carbocycles. The highest BCUT2D eigenvalue weighted by Crippen LogP contribution is 2.18. The molecule has 0 aliphatic carbocycles. The van der Waals surface area contributed by atoms with Crippen LogP contribution in [0.25, 0.3) is 0 Å². The van der Waals surface area contributed by atoms with Crippen molar-refractivity contribution in [3.63, 3.8) is 0 Å². The van der Waals surface area contributed by atoms with Crippen LogP contribution in [0.3, 0.4) is 0 Å². The van der Waals surface area contributed by atoms with Gasteiger partial charge < -0.3 is 20.1 Å². The average molecular weight is 316 g/mol. The predicted octanol–water partition coefficient (Wildman–Crippen LogP) is 2.55. The summed E-state index contributed by atoms with van der Waals surface area (Å²) in [7, 11) is 3.33. The zero-order chi connectivity index (χ0) is 15.7. The SMILES string of the molecule is COCC(CNc1cc(CNCC(C)C)c(Cl)cn1)OC. The van der Waals surface area contributed by atoms with E-state index in [1.54, 1.807) is 20.4 Å². The number of aromatic nitrogens is 1. The van der Waals surface area contributed by atoms with Crippen molar-refractivity contribution in [2.45, 2.75) is 26.5 Å². The summed E-state index contributed by atoms with van der Waals surface area (Å²) in [5.41, 5.74) is 1.04. The zero-order valence-electron chi connectivity index (χ0n) is 13.3. The quantitative estimate of drug-likeness (QED) is 0.695. The van der Waals surface area contributed by atoms with E-state index in [0.29, 0.717) is 24.1 Å². The fourth-order valence-corrected chi connectivity index (χ4v) is 1.99. The van der Waals surface area contributed by atoms with E-state index in [2.05, 4.69) is 29.5 Å². The second kappa shape index (κ2) is 9.95. The smallest absolute Gasteiger partial charge is 0.126 e. The second-order valence-corrected chi connectivity index (χ2v) is 5.79. The Balaban J connectivity index is 2.55. The van der Waals surface area contributed by atoms with Gasteiger partial charge in [0.2, 0.25) is 0 Å². The molecule has 5 nitrogen and oxygen atoms in total. The maximum atomic E-state index is 6.18. The minimum atomic E-state index is -0.00464. The Morgan fingerprint density at radius 1 is 1.29 bits per heavy atom. The molecule has 1 aromatic heterocycles. The molecule has 1 unspecified atom stereocenters. The first-order valence-corrected chi connectivity index (χ1v) is 7.55. The molecule has 0 saturated heterocycles. The van der Waals surface area contributed by atoms with Crippen molar-refractivity contribution in [2.24, 2.45) is 5.92 Å². The summed E-state index contributed by atoms with van der Waals surface area (Å²) in [6.07, 6.45) is 1.67. The Labute approximate surface area is 132 Å². The van der Waals surface area contributed by atoms with Gasteiger partial charge in [0.05, 0.1) is 17.7 Å². The summed E-state index contributed by atoms with van der Waals surface area (Å²) < 4.78 is 10.4. The van der Waals surface area contributed by atoms with Crippen molar-refractivity contribution in [1.82, 2.24) is 10.3 Å². The highest BCUT2D eigenvalue weighted by molar-refractivity contribution is 6.31. The van der Waals surface area contributed by atoms with E-state index in [1.807, 2.05) is 6.07 Å². The first kappa shape index (κ1) is 18.2. The molecule has 0 aliphatic heterocycles. The van der Waals surface area contributed by atoms with Gasteiger partial charge in [-0.3, -0.25) is 0 Å². The number of hydrogen-bond donors (Lipinski definition) is 2. The summed E-state index contributed by atoms with van der Waals surface area (Å²) in [6, 6.07) is 1.97. The highest BCUT2D eigenvalue weighted by Gasteiger charge is 2.08. The van der Waals surface area contributed by atoms with E-state index >= 15 is 0 Å². The van der Waals surface area contributed by atoms with Gasteiger partial charge in [-0.15, -0.1) is 0 Å². The Kier molecular flexibility index (Phi) is 8.61. The molecule has 6 heteroatoms. The number of pyridine rings is 1. The highest BCUT2D eigenvalue weighted by atomic mass is 35.5. The van der Waals surface area contributed by atoms with Gasteiger partial charge in [-0.05, 0) is 24.1 Å². The van der Waals surface area contributed by atoms with E-state index in [-0.39, 0.29) is 6.10 Å². The van der Waals surface area contributed by atoms with E-state index in [4.69, 9.17) is 21.1 Å². The third-order valence-electron chi connectivity index (χ3n) is 3.00. The van der Waals surface area contributed by atoms with Crippen molar-refractivity contribution < 1.29 is 9.47 Å². The maximum Gasteiger partial charge on any atom is 0.126 e. The minimum Gasteiger partial charge on any atom is -0.382 e. The molecule has 0 amide bonds. The molecule has 0 spiro atoms. The number of hydrogen-bond acceptors (Lipinski definition) is 5. The van der Waals surface area contributed by atoms with Crippen molar-refractivity contribution in [2.75, 3.05) is 39.2 Å². The van der Waals surface area contributed by atoms with Crippen LogP contribution in [0.5, 0.6) is 0 Å². The van der Waals surface area contributed by atoms with Gasteiger partial charge in [-0.1, -0.05) is 25.4 Å². The van der Waals surface area contributed by atoms with Crippen molar-refractivity contribution >= 4 is 17.4 Å². The van der Waals surface area contributed by atoms with Crippen molar-refractivity contribution in [3.8, 4) is 0 Å². The molecule has 21 heavy (non-hydrogen) atoms. The molecule has 0 saturated carbocycles. The monoisotopic (exact) mass is 315 g/mol. The number of ether oxygens (including phenoxy) is 2. The van der Waals surface area contributed by atoms with Gasteiger partial charge in [0.25, 0.3) is 0 Å². The van der Waals surface area contributed by atoms with Crippen LogP contribution in [-0.4, -0.2) is 45.0 Å². The van der Waals surface area contributed by atoms with Crippen molar-refractivity contribution in [1.29, 1.82) is 0 Å². The third kappa shape index (κ3) is 7.09. The maximum absolute atomic E-state index is 6.18. The van der Waals surface area contributed by atoms with Crippen LogP contribution in [0.1, 0.15) is 19.4 Å². The molecule has 0 fully saturated rings. The second-order valence-electron chi connectivity index (χ2n) is 5.38. The first-order chi connectivity index (χ1) is 10.1. The molecule has 0 radical (unpaired) electrons. The van der Waals surface area contributed by atoms with Crippen LogP contribution in [-0.2, 0) is 16.0 Å². The Bertz CT molecular complexity index is 416. The molecular formula is C15H26ClN3O2. The Morgan fingerprint density at radius 2 is 2.05 bits per heavy atom. The third-order valence-corrected chi connectivity index (χ3v) is 3.34. The van der Waals surface area contributed by atoms with Crippen LogP contribution in [0, 0.1) is 5.92 Å². The normalized spacial score (nSPS) is 12.7. The standard InChI is InChI=1S/C15H26ClN3O2/c1-11(2)6-17-7-12-5-15(19-9-14(12)16)18-8-13(21-4)10-20-3/h5,9,11,13,17H,6-8,10H2,1-4H3,(H,18,19). The lowest BCUT2D eigenvalue weighted by Crippen LogP contribution is -2.27. The van der Waals surface area contributed by atoms with Crippen LogP contribution < -0.4 is 10.6 Å². The number of nitrogens with one attached hydrogen (secondary N) is 2. The molecule has 120 valence electrons. The fourth-order valence-electron chi connectivity index (χ4n) is 1.82. The van der Waals surface area contributed by atoms with E-state index in [1.165, 1.54) is 0 Å². The molecular weight excluding hydrogens is 290 g/mol. The number of rotatable bonds is 10. The Morgan fingerprint density at radius 3 is 2.67 bits per heavy atom. The van der Waals surface area contributed by atoms with E-state index in [9.17, 15) is 0 Å². The lowest BCUT2D eigenvalue weighted by molar-refractivity contribution is 0.0365. The van der Waals surface area contributed by atoms with E-state index in [0.717, 1.165) is 24.5 Å². The van der Waals surface area contributed by atoms with E-state index < -0.39 is 0 Å². The summed E-state index contributed by atoms with van der Waals surface area (Å²) in [4.78, 5) is 4.28. The summed E-state index contributed by atoms with van der Waals surface area (Å²) >= 11 is 6.18. The molecule has 1 heterocycles. The van der Waals surface area contributed by atoms with Crippen LogP contribution in [0.4, 0.5) is 5.82 Å². The molecule has 0 bridgehead atoms. The van der Waals surface area contributed by atoms with Crippen LogP contribution in [0.2, 0.25) is 5.02 Å². The van der Waals surface area contributed by atoms with Gasteiger partial charge in [-0.2, -0.15) is 0 Å². The number of nitrogens with zero attached hydrogens (tertiary/aromatic N) is 1. The van der Waals surface area contributed by atoms with Gasteiger partial charge in [0.15, 0.2) is 0 Å². The lowest BCUT2D eigenvalue weighted by Gasteiger charge is -2.16. The van der Waals surface area contributed by atoms with Gasteiger partial charge >= 0.3 is 0 Å². The van der Waals surface area contributed by atoms with Crippen LogP contribution >= 0.6 is 11.6 Å². The fraction of sp³-hybridized carbons (Fsp3) is 0.667. The minimum absolute atomic E-state index is 0.00464. The Hall–Kier alpha value is -0.880. The molecule has 1 aromatic rings. The number of methoxy groups -OCH3 is 2. The summed E-state index contributed by atoms with van der Waals surface area (Å²) in [5, 5.41) is 7.30. The number of halogens is 1. The largest absolute Gasteiger partial charge is 0.382 e. The predicted molar refractivity (Wildman–Crippen MR) is 87.0 cm³/mol. The zero-order valence-corrected chi connectivity index (χ0v) is 14.0. The molecule has 1 rings (SSSR count). The molecule has 2 N–H and O–H groups in total. The summed E-state index contributed by atoms with van der Waals surface area (Å²) in [5.74, 6) is 1.40. The number of anilines is 1. The van der Waals surface area contributed by atoms with Crippen LogP contribution in [0.15, 0.2) is 12.3 Å². The average Bonchev–Trinajstić information content (AvgIpc) is 2.45.